The van der Waals surface area contributed by atoms with E-state index >= 15 is 0 Å². The van der Waals surface area contributed by atoms with Gasteiger partial charge in [0.05, 0.1) is 14.2 Å². The Morgan fingerprint density at radius 3 is 1.62 bits per heavy atom. The van der Waals surface area contributed by atoms with E-state index < -0.39 is 0 Å². The van der Waals surface area contributed by atoms with Crippen molar-refractivity contribution in [2.75, 3.05) is 14.2 Å². The van der Waals surface area contributed by atoms with Crippen LogP contribution in [0.3, 0.4) is 0 Å². The average Bonchev–Trinajstić information content (AvgIpc) is 2.70. The van der Waals surface area contributed by atoms with Crippen molar-refractivity contribution in [3.8, 4) is 11.5 Å². The highest BCUT2D eigenvalue weighted by atomic mass is 16.5. The fourth-order valence-electron chi connectivity index (χ4n) is 4.22. The molecule has 0 bridgehead atoms. The van der Waals surface area contributed by atoms with Gasteiger partial charge in [-0.25, -0.2) is 0 Å². The summed E-state index contributed by atoms with van der Waals surface area (Å²) < 4.78 is 11.0. The first kappa shape index (κ1) is 21.0. The molecule has 3 rings (SSSR count). The normalized spacial score (nSPS) is 11.0. The van der Waals surface area contributed by atoms with Crippen LogP contribution in [0.15, 0.2) is 48.5 Å². The summed E-state index contributed by atoms with van der Waals surface area (Å²) in [6.45, 7) is 8.59. The molecule has 0 aromatic heterocycles. The summed E-state index contributed by atoms with van der Waals surface area (Å²) in [6.07, 6.45) is 2.08. The first-order chi connectivity index (χ1) is 13.9. The molecule has 0 amide bonds. The average molecular weight is 388 g/mol. The van der Waals surface area contributed by atoms with E-state index in [-0.39, 0.29) is 0 Å². The third-order valence-electron chi connectivity index (χ3n) is 5.88. The smallest absolute Gasteiger partial charge is 0.121 e. The predicted molar refractivity (Wildman–Crippen MR) is 120 cm³/mol. The molecule has 29 heavy (non-hydrogen) atoms. The molecule has 0 saturated heterocycles. The Kier molecular flexibility index (Phi) is 6.64. The molecule has 0 N–H and O–H groups in total. The molecule has 0 spiro atoms. The third-order valence-corrected chi connectivity index (χ3v) is 5.88. The van der Waals surface area contributed by atoms with E-state index in [1.165, 1.54) is 38.9 Å². The van der Waals surface area contributed by atoms with Gasteiger partial charge in [-0.05, 0) is 97.7 Å². The number of methoxy groups -OCH3 is 2. The molecule has 0 fully saturated rings. The lowest BCUT2D eigenvalue weighted by Crippen LogP contribution is -2.06. The second kappa shape index (κ2) is 9.17. The Hall–Kier alpha value is -2.74. The molecule has 0 saturated carbocycles. The second-order valence-corrected chi connectivity index (χ2v) is 7.85. The number of hydrogen-bond acceptors (Lipinski definition) is 2. The van der Waals surface area contributed by atoms with Crippen LogP contribution in [0.2, 0.25) is 0 Å². The SMILES string of the molecule is COc1ccc(C(CCc2c(C)c[c]cc2C)c2ccc(OC)c(C)c2)cc1C. The van der Waals surface area contributed by atoms with Gasteiger partial charge in [0.2, 0.25) is 0 Å². The zero-order chi connectivity index (χ0) is 21.0. The number of ether oxygens (including phenoxy) is 2. The second-order valence-electron chi connectivity index (χ2n) is 7.85. The quantitative estimate of drug-likeness (QED) is 0.460. The van der Waals surface area contributed by atoms with Crippen molar-refractivity contribution < 1.29 is 9.47 Å². The standard InChI is InChI=1S/C27H31O2/c1-18-8-7-9-19(2)24(18)12-13-25(22-10-14-26(28-5)20(3)16-22)23-11-15-27(29-6)21(4)17-23/h8-11,14-17,25H,12-13H2,1-6H3. The minimum atomic E-state index is 0.312. The van der Waals surface area contributed by atoms with Crippen LogP contribution in [0.5, 0.6) is 11.5 Å². The Bertz CT molecular complexity index is 914. The number of aryl methyl sites for hydroxylation is 4. The highest BCUT2D eigenvalue weighted by Crippen LogP contribution is 2.35. The van der Waals surface area contributed by atoms with Crippen LogP contribution in [-0.4, -0.2) is 14.2 Å². The molecule has 0 aliphatic carbocycles. The Morgan fingerprint density at radius 1 is 0.724 bits per heavy atom. The van der Waals surface area contributed by atoms with E-state index in [1.54, 1.807) is 14.2 Å². The van der Waals surface area contributed by atoms with Crippen LogP contribution >= 0.6 is 0 Å². The van der Waals surface area contributed by atoms with Crippen molar-refractivity contribution in [2.24, 2.45) is 0 Å². The van der Waals surface area contributed by atoms with Gasteiger partial charge in [0.25, 0.3) is 0 Å². The maximum Gasteiger partial charge on any atom is 0.121 e. The minimum Gasteiger partial charge on any atom is -0.496 e. The molecule has 1 radical (unpaired) electrons. The molecule has 0 aliphatic heterocycles. The zero-order valence-electron chi connectivity index (χ0n) is 18.4. The highest BCUT2D eigenvalue weighted by molar-refractivity contribution is 5.45. The lowest BCUT2D eigenvalue weighted by Gasteiger charge is -2.22. The monoisotopic (exact) mass is 387 g/mol. The van der Waals surface area contributed by atoms with E-state index in [2.05, 4.69) is 82.3 Å². The van der Waals surface area contributed by atoms with Crippen molar-refractivity contribution >= 4 is 0 Å². The molecule has 3 aromatic carbocycles. The van der Waals surface area contributed by atoms with E-state index in [0.717, 1.165) is 24.3 Å². The van der Waals surface area contributed by atoms with Crippen molar-refractivity contribution in [1.82, 2.24) is 0 Å². The van der Waals surface area contributed by atoms with Gasteiger partial charge in [-0.1, -0.05) is 36.4 Å². The largest absolute Gasteiger partial charge is 0.496 e. The third kappa shape index (κ3) is 4.64. The lowest BCUT2D eigenvalue weighted by molar-refractivity contribution is 0.411. The van der Waals surface area contributed by atoms with Gasteiger partial charge in [0.1, 0.15) is 11.5 Å². The maximum atomic E-state index is 5.48. The molecule has 0 aliphatic rings. The van der Waals surface area contributed by atoms with Crippen LogP contribution in [-0.2, 0) is 6.42 Å². The van der Waals surface area contributed by atoms with E-state index in [4.69, 9.17) is 9.47 Å². The lowest BCUT2D eigenvalue weighted by atomic mass is 9.84. The Balaban J connectivity index is 1.99. The molecule has 0 heterocycles. The van der Waals surface area contributed by atoms with Crippen LogP contribution < -0.4 is 9.47 Å². The fraction of sp³-hybridized carbons (Fsp3) is 0.333. The molecule has 0 atom stereocenters. The summed E-state index contributed by atoms with van der Waals surface area (Å²) in [7, 11) is 3.45. The summed E-state index contributed by atoms with van der Waals surface area (Å²) in [6, 6.07) is 20.5. The van der Waals surface area contributed by atoms with E-state index in [1.807, 2.05) is 0 Å². The first-order valence-corrected chi connectivity index (χ1v) is 10.2. The topological polar surface area (TPSA) is 18.5 Å². The van der Waals surface area contributed by atoms with Crippen LogP contribution in [0.4, 0.5) is 0 Å². The number of hydrogen-bond donors (Lipinski definition) is 0. The predicted octanol–water partition coefficient (Wildman–Crippen LogP) is 6.50. The summed E-state index contributed by atoms with van der Waals surface area (Å²) in [4.78, 5) is 0. The highest BCUT2D eigenvalue weighted by Gasteiger charge is 2.18. The van der Waals surface area contributed by atoms with Crippen molar-refractivity contribution in [3.63, 3.8) is 0 Å². The number of benzene rings is 3. The van der Waals surface area contributed by atoms with Gasteiger partial charge < -0.3 is 9.47 Å². The maximum absolute atomic E-state index is 5.48. The Morgan fingerprint density at radius 2 is 1.21 bits per heavy atom. The van der Waals surface area contributed by atoms with Gasteiger partial charge in [-0.3, -0.25) is 0 Å². The summed E-state index contributed by atoms with van der Waals surface area (Å²) in [5, 5.41) is 0. The van der Waals surface area contributed by atoms with E-state index in [0.29, 0.717) is 5.92 Å². The van der Waals surface area contributed by atoms with Crippen LogP contribution in [0, 0.1) is 33.8 Å². The van der Waals surface area contributed by atoms with E-state index in [9.17, 15) is 0 Å². The van der Waals surface area contributed by atoms with Crippen LogP contribution in [0.25, 0.3) is 0 Å². The molecule has 151 valence electrons. The van der Waals surface area contributed by atoms with Crippen LogP contribution in [0.1, 0.15) is 51.3 Å². The number of rotatable bonds is 7. The fourth-order valence-corrected chi connectivity index (χ4v) is 4.22. The summed E-state index contributed by atoms with van der Waals surface area (Å²) in [5.41, 5.74) is 9.06. The minimum absolute atomic E-state index is 0.312. The first-order valence-electron chi connectivity index (χ1n) is 10.2. The molecular weight excluding hydrogens is 356 g/mol. The molecular formula is C27H31O2. The van der Waals surface area contributed by atoms with Gasteiger partial charge in [0.15, 0.2) is 0 Å². The molecule has 2 heteroatoms. The Labute approximate surface area is 175 Å². The van der Waals surface area contributed by atoms with Crippen molar-refractivity contribution in [2.45, 2.75) is 46.5 Å². The summed E-state index contributed by atoms with van der Waals surface area (Å²) >= 11 is 0. The van der Waals surface area contributed by atoms with Gasteiger partial charge in [-0.15, -0.1) is 0 Å². The zero-order valence-corrected chi connectivity index (χ0v) is 18.4. The molecule has 0 unspecified atom stereocenters. The van der Waals surface area contributed by atoms with Gasteiger partial charge >= 0.3 is 0 Å². The van der Waals surface area contributed by atoms with Gasteiger partial charge in [0, 0.05) is 5.92 Å². The van der Waals surface area contributed by atoms with Crippen molar-refractivity contribution in [3.05, 3.63) is 93.5 Å². The molecule has 2 nitrogen and oxygen atoms in total. The molecule has 3 aromatic rings. The summed E-state index contributed by atoms with van der Waals surface area (Å²) in [5.74, 6) is 2.18. The van der Waals surface area contributed by atoms with Gasteiger partial charge in [-0.2, -0.15) is 0 Å². The van der Waals surface area contributed by atoms with Crippen molar-refractivity contribution in [1.29, 1.82) is 0 Å².